The van der Waals surface area contributed by atoms with Gasteiger partial charge in [-0.1, -0.05) is 133 Å². The van der Waals surface area contributed by atoms with Crippen molar-refractivity contribution in [2.45, 2.75) is 0 Å². The van der Waals surface area contributed by atoms with E-state index in [9.17, 15) is 0 Å². The van der Waals surface area contributed by atoms with Crippen LogP contribution in [0.3, 0.4) is 0 Å². The van der Waals surface area contributed by atoms with Crippen LogP contribution in [0.1, 0.15) is 0 Å². The maximum atomic E-state index is 6.23. The number of furan rings is 1. The van der Waals surface area contributed by atoms with Crippen molar-refractivity contribution in [2.75, 3.05) is 0 Å². The van der Waals surface area contributed by atoms with Gasteiger partial charge in [0, 0.05) is 27.5 Å². The first kappa shape index (κ1) is 27.0. The average molecular weight is 602 g/mol. The smallest absolute Gasteiger partial charge is 0.164 e. The van der Waals surface area contributed by atoms with E-state index in [-0.39, 0.29) is 0 Å². The molecule has 0 saturated carbocycles. The van der Waals surface area contributed by atoms with Gasteiger partial charge in [-0.3, -0.25) is 0 Å². The second-order valence-electron chi connectivity index (χ2n) is 11.7. The Hall–Kier alpha value is -6.39. The van der Waals surface area contributed by atoms with Crippen LogP contribution in [0.2, 0.25) is 0 Å². The van der Waals surface area contributed by atoms with Gasteiger partial charge in [-0.05, 0) is 63.4 Å². The molecule has 4 nitrogen and oxygen atoms in total. The van der Waals surface area contributed by atoms with Crippen LogP contribution in [0.4, 0.5) is 0 Å². The molecule has 0 aliphatic rings. The first-order chi connectivity index (χ1) is 23.3. The summed E-state index contributed by atoms with van der Waals surface area (Å²) < 4.78 is 6.23. The summed E-state index contributed by atoms with van der Waals surface area (Å²) in [7, 11) is 0. The number of hydrogen-bond acceptors (Lipinski definition) is 4. The Bertz CT molecular complexity index is 2570. The summed E-state index contributed by atoms with van der Waals surface area (Å²) in [5.41, 5.74) is 9.04. The summed E-state index contributed by atoms with van der Waals surface area (Å²) >= 11 is 0. The lowest BCUT2D eigenvalue weighted by molar-refractivity contribution is 0.669. The van der Waals surface area contributed by atoms with Crippen LogP contribution in [0.5, 0.6) is 0 Å². The van der Waals surface area contributed by atoms with Crippen molar-refractivity contribution in [3.8, 4) is 56.4 Å². The third kappa shape index (κ3) is 4.93. The van der Waals surface area contributed by atoms with E-state index >= 15 is 0 Å². The molecule has 0 atom stereocenters. The topological polar surface area (TPSA) is 51.8 Å². The summed E-state index contributed by atoms with van der Waals surface area (Å²) in [6.45, 7) is 0. The Morgan fingerprint density at radius 3 is 1.60 bits per heavy atom. The highest BCUT2D eigenvalue weighted by Gasteiger charge is 2.18. The molecule has 4 heteroatoms. The fourth-order valence-corrected chi connectivity index (χ4v) is 6.38. The summed E-state index contributed by atoms with van der Waals surface area (Å²) in [5.74, 6) is 1.84. The van der Waals surface area contributed by atoms with Crippen molar-refractivity contribution in [3.05, 3.63) is 164 Å². The highest BCUT2D eigenvalue weighted by Crippen LogP contribution is 2.37. The number of nitrogens with zero attached hydrogens (tertiary/aromatic N) is 3. The van der Waals surface area contributed by atoms with Crippen LogP contribution in [0.15, 0.2) is 168 Å². The molecule has 0 fully saturated rings. The Balaban J connectivity index is 1.23. The van der Waals surface area contributed by atoms with Crippen molar-refractivity contribution >= 4 is 32.7 Å². The fraction of sp³-hybridized carbons (Fsp3) is 0. The fourth-order valence-electron chi connectivity index (χ4n) is 6.38. The van der Waals surface area contributed by atoms with Gasteiger partial charge in [0.25, 0.3) is 0 Å². The number of aromatic nitrogens is 3. The van der Waals surface area contributed by atoms with E-state index in [4.69, 9.17) is 19.4 Å². The second-order valence-corrected chi connectivity index (χ2v) is 11.7. The van der Waals surface area contributed by atoms with Gasteiger partial charge < -0.3 is 4.42 Å². The lowest BCUT2D eigenvalue weighted by atomic mass is 9.99. The molecule has 0 aliphatic heterocycles. The van der Waals surface area contributed by atoms with Crippen molar-refractivity contribution < 1.29 is 4.42 Å². The molecule has 9 aromatic rings. The summed E-state index contributed by atoms with van der Waals surface area (Å²) in [5, 5.41) is 4.32. The molecule has 47 heavy (non-hydrogen) atoms. The van der Waals surface area contributed by atoms with E-state index in [2.05, 4.69) is 121 Å². The average Bonchev–Trinajstić information content (AvgIpc) is 3.54. The van der Waals surface area contributed by atoms with Gasteiger partial charge >= 0.3 is 0 Å². The predicted molar refractivity (Wildman–Crippen MR) is 192 cm³/mol. The number of rotatable bonds is 5. The second kappa shape index (κ2) is 11.2. The molecule has 0 saturated heterocycles. The van der Waals surface area contributed by atoms with Gasteiger partial charge in [0.05, 0.1) is 0 Å². The van der Waals surface area contributed by atoms with Crippen LogP contribution in [-0.4, -0.2) is 15.0 Å². The SMILES string of the molecule is c1ccc(-c2cccc(-c3nc(-c4ccc5cc(-c6ccccc6)ccc5c4)nc(-c4cccc5oc6ccccc6c45)n3)c2)cc1. The van der Waals surface area contributed by atoms with Gasteiger partial charge in [0.2, 0.25) is 0 Å². The van der Waals surface area contributed by atoms with E-state index < -0.39 is 0 Å². The van der Waals surface area contributed by atoms with Crippen LogP contribution >= 0.6 is 0 Å². The lowest BCUT2D eigenvalue weighted by Crippen LogP contribution is -2.00. The molecular weight excluding hydrogens is 574 g/mol. The number of fused-ring (bicyclic) bond motifs is 4. The van der Waals surface area contributed by atoms with E-state index in [0.29, 0.717) is 17.5 Å². The lowest BCUT2D eigenvalue weighted by Gasteiger charge is -2.11. The summed E-state index contributed by atoms with van der Waals surface area (Å²) in [4.78, 5) is 15.3. The van der Waals surface area contributed by atoms with Crippen molar-refractivity contribution in [3.63, 3.8) is 0 Å². The van der Waals surface area contributed by atoms with Gasteiger partial charge in [0.1, 0.15) is 11.2 Å². The Kier molecular flexibility index (Phi) is 6.43. The molecule has 9 rings (SSSR count). The molecule has 2 heterocycles. The Morgan fingerprint density at radius 1 is 0.340 bits per heavy atom. The molecule has 0 unspecified atom stereocenters. The minimum Gasteiger partial charge on any atom is -0.456 e. The normalized spacial score (nSPS) is 11.4. The minimum absolute atomic E-state index is 0.604. The van der Waals surface area contributed by atoms with E-state index in [1.54, 1.807) is 0 Å². The van der Waals surface area contributed by atoms with Gasteiger partial charge in [-0.15, -0.1) is 0 Å². The maximum Gasteiger partial charge on any atom is 0.164 e. The third-order valence-corrected chi connectivity index (χ3v) is 8.71. The van der Waals surface area contributed by atoms with Gasteiger partial charge in [-0.25, -0.2) is 15.0 Å². The zero-order valence-corrected chi connectivity index (χ0v) is 25.3. The van der Waals surface area contributed by atoms with Crippen LogP contribution < -0.4 is 0 Å². The first-order valence-corrected chi connectivity index (χ1v) is 15.7. The van der Waals surface area contributed by atoms with E-state index in [0.717, 1.165) is 60.5 Å². The Morgan fingerprint density at radius 2 is 0.851 bits per heavy atom. The highest BCUT2D eigenvalue weighted by molar-refractivity contribution is 6.11. The molecule has 220 valence electrons. The molecule has 0 spiro atoms. The predicted octanol–water partition coefficient (Wildman–Crippen LogP) is 11.3. The van der Waals surface area contributed by atoms with Gasteiger partial charge in [-0.2, -0.15) is 0 Å². The molecule has 0 aliphatic carbocycles. The Labute approximate surface area is 271 Å². The molecule has 0 radical (unpaired) electrons. The van der Waals surface area contributed by atoms with Crippen molar-refractivity contribution in [2.24, 2.45) is 0 Å². The molecule has 0 amide bonds. The molecule has 2 aromatic heterocycles. The zero-order chi connectivity index (χ0) is 31.2. The molecular formula is C43H27N3O. The third-order valence-electron chi connectivity index (χ3n) is 8.71. The highest BCUT2D eigenvalue weighted by atomic mass is 16.3. The summed E-state index contributed by atoms with van der Waals surface area (Å²) in [6.07, 6.45) is 0. The van der Waals surface area contributed by atoms with E-state index in [1.165, 1.54) is 11.1 Å². The van der Waals surface area contributed by atoms with Crippen molar-refractivity contribution in [1.29, 1.82) is 0 Å². The van der Waals surface area contributed by atoms with Crippen molar-refractivity contribution in [1.82, 2.24) is 15.0 Å². The number of benzene rings is 7. The van der Waals surface area contributed by atoms with Crippen LogP contribution in [0.25, 0.3) is 89.1 Å². The molecule has 0 N–H and O–H groups in total. The summed E-state index contributed by atoms with van der Waals surface area (Å²) in [6, 6.07) is 56.4. The molecule has 0 bridgehead atoms. The number of para-hydroxylation sites is 1. The first-order valence-electron chi connectivity index (χ1n) is 15.7. The monoisotopic (exact) mass is 601 g/mol. The maximum absolute atomic E-state index is 6.23. The standard InChI is InChI=1S/C43H27N3O/c1-3-11-28(12-4-1)30-15-9-16-34(26-30)41-44-42(35-24-23-32-25-31(21-22-33(32)27-35)29-13-5-2-6-14-29)46-43(45-41)37-18-10-20-39-40(37)36-17-7-8-19-38(36)47-39/h1-27H. The molecule has 7 aromatic carbocycles. The van der Waals surface area contributed by atoms with E-state index in [1.807, 2.05) is 42.5 Å². The van der Waals surface area contributed by atoms with Crippen LogP contribution in [0, 0.1) is 0 Å². The minimum atomic E-state index is 0.604. The van der Waals surface area contributed by atoms with Crippen LogP contribution in [-0.2, 0) is 0 Å². The van der Waals surface area contributed by atoms with Gasteiger partial charge in [0.15, 0.2) is 17.5 Å². The number of hydrogen-bond donors (Lipinski definition) is 0. The quantitative estimate of drug-likeness (QED) is 0.197. The largest absolute Gasteiger partial charge is 0.456 e. The zero-order valence-electron chi connectivity index (χ0n) is 25.3.